The highest BCUT2D eigenvalue weighted by Crippen LogP contribution is 2.41. The summed E-state index contributed by atoms with van der Waals surface area (Å²) in [6.07, 6.45) is 3.26. The number of carbonyl (C=O) groups is 2. The molecule has 0 spiro atoms. The van der Waals surface area contributed by atoms with Crippen molar-refractivity contribution in [2.75, 3.05) is 0 Å². The van der Waals surface area contributed by atoms with E-state index in [1.54, 1.807) is 10.8 Å². The first kappa shape index (κ1) is 24.9. The lowest BCUT2D eigenvalue weighted by molar-refractivity contribution is 0.0681. The largest absolute Gasteiger partial charge is 0.507 e. The van der Waals surface area contributed by atoms with Crippen LogP contribution in [0.2, 0.25) is 0 Å². The van der Waals surface area contributed by atoms with Crippen molar-refractivity contribution in [1.82, 2.24) is 0 Å². The van der Waals surface area contributed by atoms with Crippen LogP contribution in [0.15, 0.2) is 41.8 Å². The zero-order valence-corrected chi connectivity index (χ0v) is 19.9. The topological polar surface area (TPSA) is 94.8 Å². The van der Waals surface area contributed by atoms with Crippen LogP contribution in [0.3, 0.4) is 0 Å². The van der Waals surface area contributed by atoms with Crippen LogP contribution >= 0.6 is 21.6 Å². The van der Waals surface area contributed by atoms with Gasteiger partial charge in [-0.2, -0.15) is 0 Å². The lowest BCUT2D eigenvalue weighted by atomic mass is 9.82. The predicted molar refractivity (Wildman–Crippen MR) is 128 cm³/mol. The summed E-state index contributed by atoms with van der Waals surface area (Å²) in [5, 5.41) is 30.1. The zero-order chi connectivity index (χ0) is 23.3. The number of aryl methyl sites for hydroxylation is 1. The van der Waals surface area contributed by atoms with E-state index in [0.717, 1.165) is 17.5 Å². The number of phenols is 1. The van der Waals surface area contributed by atoms with Gasteiger partial charge in [-0.05, 0) is 77.6 Å². The van der Waals surface area contributed by atoms with E-state index >= 15 is 0 Å². The third kappa shape index (κ3) is 6.55. The van der Waals surface area contributed by atoms with Crippen LogP contribution in [0.4, 0.5) is 0 Å². The molecule has 2 aromatic carbocycles. The van der Waals surface area contributed by atoms with Crippen molar-refractivity contribution in [3.63, 3.8) is 0 Å². The SMILES string of the molecule is Cc1cc(C(C)(C)C)c(O)c(C)c1CC1C=CSS1.O=C(O)c1ccc(C(=O)O)cc1. The molecular formula is C24H28O5S2. The Bertz CT molecular complexity index is 956. The third-order valence-corrected chi connectivity index (χ3v) is 7.38. The number of carboxylic acids is 2. The maximum absolute atomic E-state index is 10.5. The summed E-state index contributed by atoms with van der Waals surface area (Å²) >= 11 is 0. The van der Waals surface area contributed by atoms with Crippen LogP contribution in [0.5, 0.6) is 5.75 Å². The molecule has 0 radical (unpaired) electrons. The fourth-order valence-electron chi connectivity index (χ4n) is 3.21. The zero-order valence-electron chi connectivity index (χ0n) is 18.3. The van der Waals surface area contributed by atoms with Gasteiger partial charge in [-0.3, -0.25) is 0 Å². The van der Waals surface area contributed by atoms with Gasteiger partial charge in [0.15, 0.2) is 0 Å². The average molecular weight is 461 g/mol. The molecule has 0 saturated heterocycles. The number of rotatable bonds is 4. The Labute approximate surface area is 191 Å². The Kier molecular flexibility index (Phi) is 8.26. The third-order valence-electron chi connectivity index (χ3n) is 5.02. The van der Waals surface area contributed by atoms with Gasteiger partial charge in [-0.15, -0.1) is 0 Å². The van der Waals surface area contributed by atoms with Crippen LogP contribution in [-0.4, -0.2) is 32.5 Å². The van der Waals surface area contributed by atoms with Crippen LogP contribution in [0, 0.1) is 13.8 Å². The maximum Gasteiger partial charge on any atom is 0.335 e. The highest BCUT2D eigenvalue weighted by molar-refractivity contribution is 8.78. The quantitative estimate of drug-likeness (QED) is 0.467. The van der Waals surface area contributed by atoms with E-state index in [9.17, 15) is 14.7 Å². The van der Waals surface area contributed by atoms with Crippen molar-refractivity contribution in [3.8, 4) is 5.75 Å². The van der Waals surface area contributed by atoms with Crippen LogP contribution in [0.25, 0.3) is 0 Å². The fourth-order valence-corrected chi connectivity index (χ4v) is 5.36. The standard InChI is InChI=1S/C16H22OS2.C8H6O4/c1-10-8-14(16(3,4)5)15(17)11(2)13(10)9-12-6-7-18-19-12;9-7(10)5-1-2-6(4-3-5)8(11)12/h6-8,12,17H,9H2,1-5H3;1-4H,(H,9,10)(H,11,12). The Hall–Kier alpha value is -2.38. The van der Waals surface area contributed by atoms with E-state index in [-0.39, 0.29) is 16.5 Å². The van der Waals surface area contributed by atoms with Crippen molar-refractivity contribution in [2.45, 2.75) is 51.7 Å². The number of aromatic carboxylic acids is 2. The molecule has 3 N–H and O–H groups in total. The van der Waals surface area contributed by atoms with E-state index < -0.39 is 11.9 Å². The Morgan fingerprint density at radius 2 is 1.52 bits per heavy atom. The molecule has 0 amide bonds. The Balaban J connectivity index is 0.000000245. The summed E-state index contributed by atoms with van der Waals surface area (Å²) in [6.45, 7) is 10.6. The van der Waals surface area contributed by atoms with Crippen LogP contribution in [0.1, 0.15) is 63.7 Å². The summed E-state index contributed by atoms with van der Waals surface area (Å²) < 4.78 is 0. The minimum atomic E-state index is -1.06. The molecule has 7 heteroatoms. The second-order valence-corrected chi connectivity index (χ2v) is 10.8. The van der Waals surface area contributed by atoms with Gasteiger partial charge in [0, 0.05) is 5.25 Å². The number of aromatic hydroxyl groups is 1. The first-order chi connectivity index (χ1) is 14.4. The fraction of sp³-hybridized carbons (Fsp3) is 0.333. The summed E-state index contributed by atoms with van der Waals surface area (Å²) in [4.78, 5) is 20.7. The molecule has 0 bridgehead atoms. The lowest BCUT2D eigenvalue weighted by Gasteiger charge is -2.25. The first-order valence-electron chi connectivity index (χ1n) is 9.79. The van der Waals surface area contributed by atoms with Crippen molar-refractivity contribution < 1.29 is 24.9 Å². The minimum Gasteiger partial charge on any atom is -0.507 e. The van der Waals surface area contributed by atoms with Gasteiger partial charge in [-0.25, -0.2) is 9.59 Å². The highest BCUT2D eigenvalue weighted by Gasteiger charge is 2.23. The molecular weight excluding hydrogens is 432 g/mol. The van der Waals surface area contributed by atoms with Gasteiger partial charge in [0.25, 0.3) is 0 Å². The van der Waals surface area contributed by atoms with Gasteiger partial charge in [0.2, 0.25) is 0 Å². The van der Waals surface area contributed by atoms with Gasteiger partial charge in [-0.1, -0.05) is 54.5 Å². The predicted octanol–water partition coefficient (Wildman–Crippen LogP) is 6.21. The Morgan fingerprint density at radius 1 is 1.00 bits per heavy atom. The molecule has 1 aliphatic rings. The van der Waals surface area contributed by atoms with Crippen molar-refractivity contribution in [2.24, 2.45) is 0 Å². The normalized spacial score (nSPS) is 15.3. The molecule has 31 heavy (non-hydrogen) atoms. The lowest BCUT2D eigenvalue weighted by Crippen LogP contribution is -2.14. The molecule has 0 saturated carbocycles. The van der Waals surface area contributed by atoms with Gasteiger partial charge in [0.05, 0.1) is 11.1 Å². The maximum atomic E-state index is 10.5. The number of hydrogen-bond donors (Lipinski definition) is 3. The minimum absolute atomic E-state index is 0.0179. The molecule has 1 unspecified atom stereocenters. The smallest absolute Gasteiger partial charge is 0.335 e. The van der Waals surface area contributed by atoms with E-state index in [4.69, 9.17) is 10.2 Å². The Morgan fingerprint density at radius 3 is 1.90 bits per heavy atom. The van der Waals surface area contributed by atoms with Crippen LogP contribution < -0.4 is 0 Å². The van der Waals surface area contributed by atoms with Gasteiger partial charge >= 0.3 is 11.9 Å². The molecule has 3 rings (SSSR count). The summed E-state index contributed by atoms with van der Waals surface area (Å²) in [5.41, 5.74) is 4.85. The second kappa shape index (κ2) is 10.3. The highest BCUT2D eigenvalue weighted by atomic mass is 33.1. The number of carboxylic acid groups (broad SMARTS) is 2. The average Bonchev–Trinajstić information content (AvgIpc) is 3.21. The second-order valence-electron chi connectivity index (χ2n) is 8.39. The van der Waals surface area contributed by atoms with E-state index in [0.29, 0.717) is 11.0 Å². The molecule has 166 valence electrons. The summed E-state index contributed by atoms with van der Waals surface area (Å²) in [7, 11) is 3.69. The first-order valence-corrected chi connectivity index (χ1v) is 12.1. The van der Waals surface area contributed by atoms with Gasteiger partial charge < -0.3 is 15.3 Å². The summed E-state index contributed by atoms with van der Waals surface area (Å²) in [6, 6.07) is 7.18. The molecule has 5 nitrogen and oxygen atoms in total. The molecule has 1 aliphatic heterocycles. The summed E-state index contributed by atoms with van der Waals surface area (Å²) in [5.74, 6) is -1.65. The molecule has 0 aliphatic carbocycles. The van der Waals surface area contributed by atoms with Crippen LogP contribution in [-0.2, 0) is 11.8 Å². The molecule has 0 fully saturated rings. The van der Waals surface area contributed by atoms with Crippen molar-refractivity contribution >= 4 is 33.5 Å². The number of benzene rings is 2. The molecule has 2 aromatic rings. The van der Waals surface area contributed by atoms with Gasteiger partial charge in [0.1, 0.15) is 5.75 Å². The monoisotopic (exact) mass is 460 g/mol. The van der Waals surface area contributed by atoms with Crippen molar-refractivity contribution in [1.29, 1.82) is 0 Å². The molecule has 0 aromatic heterocycles. The number of hydrogen-bond acceptors (Lipinski definition) is 5. The van der Waals surface area contributed by atoms with E-state index in [1.165, 1.54) is 35.4 Å². The molecule has 1 heterocycles. The van der Waals surface area contributed by atoms with E-state index in [1.807, 2.05) is 17.7 Å². The van der Waals surface area contributed by atoms with E-state index in [2.05, 4.69) is 45.2 Å². The number of phenolic OH excluding ortho intramolecular Hbond substituents is 1. The van der Waals surface area contributed by atoms with Crippen molar-refractivity contribution in [3.05, 3.63) is 75.2 Å². The molecule has 1 atom stereocenters.